The van der Waals surface area contributed by atoms with E-state index in [1.807, 2.05) is 0 Å². The highest BCUT2D eigenvalue weighted by molar-refractivity contribution is 6.33. The molecule has 1 rings (SSSR count). The van der Waals surface area contributed by atoms with Crippen LogP contribution in [0, 0.1) is 6.92 Å². The van der Waals surface area contributed by atoms with Crippen LogP contribution in [0.4, 0.5) is 0 Å². The second-order valence-corrected chi connectivity index (χ2v) is 3.10. The number of carboxylic acid groups (broad SMARTS) is 1. The number of hydrogen-bond donors (Lipinski definition) is 2. The Morgan fingerprint density at radius 2 is 2.14 bits per heavy atom. The number of carboxylic acids is 1. The van der Waals surface area contributed by atoms with Crippen molar-refractivity contribution in [3.63, 3.8) is 0 Å². The molecule has 5 heteroatoms. The molecule has 0 bridgehead atoms. The van der Waals surface area contributed by atoms with Gasteiger partial charge in [0.15, 0.2) is 0 Å². The molecule has 0 saturated heterocycles. The van der Waals surface area contributed by atoms with Crippen LogP contribution in [-0.4, -0.2) is 23.3 Å². The zero-order chi connectivity index (χ0) is 10.9. The summed E-state index contributed by atoms with van der Waals surface area (Å²) in [6.07, 6.45) is 0. The van der Waals surface area contributed by atoms with Crippen molar-refractivity contribution in [1.82, 2.24) is 0 Å². The van der Waals surface area contributed by atoms with Crippen LogP contribution in [0.3, 0.4) is 0 Å². The smallest absolute Gasteiger partial charge is 0.339 e. The van der Waals surface area contributed by atoms with Gasteiger partial charge in [-0.1, -0.05) is 11.6 Å². The third kappa shape index (κ3) is 1.61. The third-order valence-electron chi connectivity index (χ3n) is 1.88. The van der Waals surface area contributed by atoms with Gasteiger partial charge in [-0.15, -0.1) is 0 Å². The molecule has 0 spiro atoms. The summed E-state index contributed by atoms with van der Waals surface area (Å²) in [5.74, 6) is -1.31. The zero-order valence-corrected chi connectivity index (χ0v) is 8.42. The number of hydrogen-bond acceptors (Lipinski definition) is 3. The SMILES string of the molecule is COc1cc(O)c(C(=O)O)c(C)c1Cl. The fraction of sp³-hybridized carbons (Fsp3) is 0.222. The van der Waals surface area contributed by atoms with Crippen molar-refractivity contribution in [2.75, 3.05) is 7.11 Å². The van der Waals surface area contributed by atoms with Crippen molar-refractivity contribution in [2.24, 2.45) is 0 Å². The Morgan fingerprint density at radius 3 is 2.57 bits per heavy atom. The van der Waals surface area contributed by atoms with Crippen LogP contribution >= 0.6 is 11.6 Å². The average molecular weight is 217 g/mol. The van der Waals surface area contributed by atoms with Gasteiger partial charge in [-0.3, -0.25) is 0 Å². The highest BCUT2D eigenvalue weighted by Crippen LogP contribution is 2.35. The normalized spacial score (nSPS) is 9.93. The van der Waals surface area contributed by atoms with E-state index >= 15 is 0 Å². The van der Waals surface area contributed by atoms with Gasteiger partial charge in [0.25, 0.3) is 0 Å². The Labute approximate surface area is 85.7 Å². The van der Waals surface area contributed by atoms with Crippen LogP contribution in [0.25, 0.3) is 0 Å². The number of ether oxygens (including phenoxy) is 1. The molecule has 0 saturated carbocycles. The average Bonchev–Trinajstić information content (AvgIpc) is 2.10. The van der Waals surface area contributed by atoms with E-state index in [0.29, 0.717) is 0 Å². The quantitative estimate of drug-likeness (QED) is 0.794. The van der Waals surface area contributed by atoms with Crippen molar-refractivity contribution in [3.8, 4) is 11.5 Å². The molecule has 0 amide bonds. The molecular weight excluding hydrogens is 208 g/mol. The van der Waals surface area contributed by atoms with Crippen molar-refractivity contribution in [3.05, 3.63) is 22.2 Å². The number of halogens is 1. The van der Waals surface area contributed by atoms with E-state index in [9.17, 15) is 9.90 Å². The van der Waals surface area contributed by atoms with Gasteiger partial charge in [0.2, 0.25) is 0 Å². The lowest BCUT2D eigenvalue weighted by atomic mass is 10.1. The van der Waals surface area contributed by atoms with E-state index in [0.717, 1.165) is 0 Å². The van der Waals surface area contributed by atoms with Gasteiger partial charge in [0.1, 0.15) is 17.1 Å². The minimum atomic E-state index is -1.22. The highest BCUT2D eigenvalue weighted by Gasteiger charge is 2.18. The summed E-state index contributed by atoms with van der Waals surface area (Å²) < 4.78 is 4.86. The molecular formula is C9H9ClO4. The van der Waals surface area contributed by atoms with Crippen molar-refractivity contribution < 1.29 is 19.7 Å². The van der Waals surface area contributed by atoms with Crippen molar-refractivity contribution in [2.45, 2.75) is 6.92 Å². The predicted molar refractivity (Wildman–Crippen MR) is 51.4 cm³/mol. The Hall–Kier alpha value is -1.42. The minimum Gasteiger partial charge on any atom is -0.507 e. The summed E-state index contributed by atoms with van der Waals surface area (Å²) >= 11 is 5.82. The Morgan fingerprint density at radius 1 is 1.57 bits per heavy atom. The van der Waals surface area contributed by atoms with Crippen LogP contribution in [-0.2, 0) is 0 Å². The zero-order valence-electron chi connectivity index (χ0n) is 7.67. The molecule has 0 atom stereocenters. The van der Waals surface area contributed by atoms with E-state index in [2.05, 4.69) is 0 Å². The predicted octanol–water partition coefficient (Wildman–Crippen LogP) is 2.06. The lowest BCUT2D eigenvalue weighted by molar-refractivity contribution is 0.0693. The number of rotatable bonds is 2. The molecule has 1 aromatic rings. The highest BCUT2D eigenvalue weighted by atomic mass is 35.5. The molecule has 0 aromatic heterocycles. The first-order valence-corrected chi connectivity index (χ1v) is 4.16. The molecule has 14 heavy (non-hydrogen) atoms. The van der Waals surface area contributed by atoms with Crippen molar-refractivity contribution >= 4 is 17.6 Å². The Kier molecular flexibility index (Phi) is 2.86. The van der Waals surface area contributed by atoms with Gasteiger partial charge in [-0.2, -0.15) is 0 Å². The van der Waals surface area contributed by atoms with Crippen LogP contribution in [0.2, 0.25) is 5.02 Å². The summed E-state index contributed by atoms with van der Waals surface area (Å²) in [5.41, 5.74) is 0.0896. The monoisotopic (exact) mass is 216 g/mol. The number of methoxy groups -OCH3 is 1. The van der Waals surface area contributed by atoms with E-state index in [1.54, 1.807) is 0 Å². The van der Waals surface area contributed by atoms with Gasteiger partial charge < -0.3 is 14.9 Å². The second kappa shape index (κ2) is 3.75. The van der Waals surface area contributed by atoms with Crippen LogP contribution in [0.5, 0.6) is 11.5 Å². The first-order valence-electron chi connectivity index (χ1n) is 3.78. The number of aromatic carboxylic acids is 1. The van der Waals surface area contributed by atoms with Gasteiger partial charge in [0.05, 0.1) is 12.1 Å². The summed E-state index contributed by atoms with van der Waals surface area (Å²) in [6, 6.07) is 1.18. The largest absolute Gasteiger partial charge is 0.507 e. The molecule has 0 heterocycles. The van der Waals surface area contributed by atoms with Gasteiger partial charge >= 0.3 is 5.97 Å². The van der Waals surface area contributed by atoms with E-state index in [-0.39, 0.29) is 27.6 Å². The number of aromatic hydroxyl groups is 1. The molecule has 0 aliphatic heterocycles. The first-order chi connectivity index (χ1) is 6.49. The van der Waals surface area contributed by atoms with Crippen molar-refractivity contribution in [1.29, 1.82) is 0 Å². The van der Waals surface area contributed by atoms with Gasteiger partial charge in [-0.05, 0) is 12.5 Å². The fourth-order valence-corrected chi connectivity index (χ4v) is 1.39. The number of benzene rings is 1. The summed E-state index contributed by atoms with van der Waals surface area (Å²) in [5, 5.41) is 18.4. The molecule has 0 aliphatic carbocycles. The van der Waals surface area contributed by atoms with Crippen LogP contribution in [0.1, 0.15) is 15.9 Å². The summed E-state index contributed by atoms with van der Waals surface area (Å²) in [4.78, 5) is 10.7. The molecule has 0 fully saturated rings. The Balaban J connectivity index is 3.49. The molecule has 76 valence electrons. The molecule has 0 radical (unpaired) electrons. The lowest BCUT2D eigenvalue weighted by Crippen LogP contribution is -2.02. The maximum atomic E-state index is 10.7. The van der Waals surface area contributed by atoms with E-state index in [4.69, 9.17) is 21.4 Å². The summed E-state index contributed by atoms with van der Waals surface area (Å²) in [6.45, 7) is 1.51. The molecule has 4 nitrogen and oxygen atoms in total. The maximum Gasteiger partial charge on any atom is 0.339 e. The van der Waals surface area contributed by atoms with Gasteiger partial charge in [-0.25, -0.2) is 4.79 Å². The minimum absolute atomic E-state index is 0.197. The van der Waals surface area contributed by atoms with Crippen LogP contribution < -0.4 is 4.74 Å². The topological polar surface area (TPSA) is 66.8 Å². The van der Waals surface area contributed by atoms with Crippen LogP contribution in [0.15, 0.2) is 6.07 Å². The third-order valence-corrected chi connectivity index (χ3v) is 2.35. The van der Waals surface area contributed by atoms with E-state index < -0.39 is 5.97 Å². The Bertz CT molecular complexity index is 387. The lowest BCUT2D eigenvalue weighted by Gasteiger charge is -2.10. The first kappa shape index (κ1) is 10.7. The number of carbonyl (C=O) groups is 1. The number of phenols is 1. The molecule has 2 N–H and O–H groups in total. The maximum absolute atomic E-state index is 10.7. The fourth-order valence-electron chi connectivity index (χ4n) is 1.16. The van der Waals surface area contributed by atoms with E-state index in [1.165, 1.54) is 20.1 Å². The molecule has 0 aliphatic rings. The molecule has 0 unspecified atom stereocenters. The second-order valence-electron chi connectivity index (χ2n) is 2.72. The summed E-state index contributed by atoms with van der Waals surface area (Å²) in [7, 11) is 1.39. The van der Waals surface area contributed by atoms with Gasteiger partial charge in [0, 0.05) is 6.07 Å². The molecule has 1 aromatic carbocycles. The standard InChI is InChI=1S/C9H9ClO4/c1-4-7(9(12)13)5(11)3-6(14-2)8(4)10/h3,11H,1-2H3,(H,12,13).